The second kappa shape index (κ2) is 8.31. The molecule has 0 aliphatic heterocycles. The predicted molar refractivity (Wildman–Crippen MR) is 75.2 cm³/mol. The van der Waals surface area contributed by atoms with E-state index in [2.05, 4.69) is 4.72 Å². The summed E-state index contributed by atoms with van der Waals surface area (Å²) in [6, 6.07) is 3.86. The van der Waals surface area contributed by atoms with E-state index in [1.165, 1.54) is 12.1 Å². The lowest BCUT2D eigenvalue weighted by Crippen LogP contribution is -2.26. The first-order valence-electron chi connectivity index (χ1n) is 6.48. The van der Waals surface area contributed by atoms with Crippen LogP contribution in [0.2, 0.25) is 0 Å². The zero-order valence-corrected chi connectivity index (χ0v) is 12.4. The van der Waals surface area contributed by atoms with Crippen molar-refractivity contribution in [2.45, 2.75) is 30.7 Å². The van der Waals surface area contributed by atoms with E-state index in [1.807, 2.05) is 0 Å². The van der Waals surface area contributed by atoms with Crippen molar-refractivity contribution < 1.29 is 17.5 Å². The molecule has 0 spiro atoms. The van der Waals surface area contributed by atoms with Crippen molar-refractivity contribution in [1.29, 1.82) is 0 Å². The SMILES string of the molecule is COCCCCCNS(=O)(=O)c1cc(CN)ccc1F. The first-order valence-corrected chi connectivity index (χ1v) is 7.96. The van der Waals surface area contributed by atoms with Gasteiger partial charge in [0.05, 0.1) is 0 Å². The number of rotatable bonds is 9. The number of ether oxygens (including phenoxy) is 1. The molecule has 1 aromatic rings. The second-order valence-corrected chi connectivity index (χ2v) is 6.16. The third kappa shape index (κ3) is 5.16. The highest BCUT2D eigenvalue weighted by Crippen LogP contribution is 2.16. The van der Waals surface area contributed by atoms with Crippen molar-refractivity contribution in [2.75, 3.05) is 20.3 Å². The van der Waals surface area contributed by atoms with Gasteiger partial charge in [0.15, 0.2) is 0 Å². The third-order valence-corrected chi connectivity index (χ3v) is 4.31. The van der Waals surface area contributed by atoms with Gasteiger partial charge in [-0.3, -0.25) is 0 Å². The molecule has 0 atom stereocenters. The second-order valence-electron chi connectivity index (χ2n) is 4.42. The van der Waals surface area contributed by atoms with Gasteiger partial charge in [0.2, 0.25) is 10.0 Å². The average Bonchev–Trinajstić information content (AvgIpc) is 2.43. The molecule has 114 valence electrons. The van der Waals surface area contributed by atoms with Gasteiger partial charge in [0.1, 0.15) is 10.7 Å². The number of nitrogens with one attached hydrogen (secondary N) is 1. The Kier molecular flexibility index (Phi) is 7.08. The molecule has 0 amide bonds. The number of nitrogens with two attached hydrogens (primary N) is 1. The molecule has 0 unspecified atom stereocenters. The van der Waals surface area contributed by atoms with Gasteiger partial charge in [-0.05, 0) is 37.0 Å². The Morgan fingerprint density at radius 2 is 2.05 bits per heavy atom. The molecule has 3 N–H and O–H groups in total. The van der Waals surface area contributed by atoms with Crippen molar-refractivity contribution in [3.8, 4) is 0 Å². The molecule has 0 heterocycles. The standard InChI is InChI=1S/C13H21FN2O3S/c1-19-8-4-2-3-7-16-20(17,18)13-9-11(10-15)5-6-12(13)14/h5-6,9,16H,2-4,7-8,10,15H2,1H3. The Hall–Kier alpha value is -1.02. The zero-order chi connectivity index (χ0) is 15.0. The fourth-order valence-electron chi connectivity index (χ4n) is 1.71. The molecular weight excluding hydrogens is 283 g/mol. The number of methoxy groups -OCH3 is 1. The van der Waals surface area contributed by atoms with Crippen molar-refractivity contribution >= 4 is 10.0 Å². The van der Waals surface area contributed by atoms with Crippen LogP contribution in [0, 0.1) is 5.82 Å². The van der Waals surface area contributed by atoms with Gasteiger partial charge in [-0.1, -0.05) is 6.07 Å². The maximum absolute atomic E-state index is 13.6. The van der Waals surface area contributed by atoms with Gasteiger partial charge < -0.3 is 10.5 Å². The Bertz CT molecular complexity index is 520. The van der Waals surface area contributed by atoms with E-state index in [9.17, 15) is 12.8 Å². The van der Waals surface area contributed by atoms with Crippen LogP contribution in [0.25, 0.3) is 0 Å². The molecule has 1 aromatic carbocycles. The Morgan fingerprint density at radius 1 is 1.30 bits per heavy atom. The summed E-state index contributed by atoms with van der Waals surface area (Å²) in [5.41, 5.74) is 6.01. The average molecular weight is 304 g/mol. The predicted octanol–water partition coefficient (Wildman–Crippen LogP) is 1.38. The van der Waals surface area contributed by atoms with E-state index < -0.39 is 15.8 Å². The van der Waals surface area contributed by atoms with Gasteiger partial charge in [-0.25, -0.2) is 17.5 Å². The van der Waals surface area contributed by atoms with Crippen LogP contribution in [0.1, 0.15) is 24.8 Å². The third-order valence-electron chi connectivity index (χ3n) is 2.84. The van der Waals surface area contributed by atoms with Crippen LogP contribution in [-0.4, -0.2) is 28.7 Å². The number of benzene rings is 1. The Morgan fingerprint density at radius 3 is 2.70 bits per heavy atom. The fraction of sp³-hybridized carbons (Fsp3) is 0.538. The Balaban J connectivity index is 2.60. The first-order chi connectivity index (χ1) is 9.51. The minimum Gasteiger partial charge on any atom is -0.385 e. The molecule has 1 rings (SSSR count). The molecular formula is C13H21FN2O3S. The van der Waals surface area contributed by atoms with E-state index in [-0.39, 0.29) is 18.0 Å². The number of sulfonamides is 1. The van der Waals surface area contributed by atoms with Crippen LogP contribution in [0.4, 0.5) is 4.39 Å². The van der Waals surface area contributed by atoms with Crippen molar-refractivity contribution in [1.82, 2.24) is 4.72 Å². The summed E-state index contributed by atoms with van der Waals surface area (Å²) >= 11 is 0. The summed E-state index contributed by atoms with van der Waals surface area (Å²) < 4.78 is 44.9. The zero-order valence-electron chi connectivity index (χ0n) is 11.6. The number of unbranched alkanes of at least 4 members (excludes halogenated alkanes) is 2. The van der Waals surface area contributed by atoms with Gasteiger partial charge in [0.25, 0.3) is 0 Å². The van der Waals surface area contributed by atoms with Gasteiger partial charge in [-0.15, -0.1) is 0 Å². The fourth-order valence-corrected chi connectivity index (χ4v) is 2.91. The molecule has 0 radical (unpaired) electrons. The summed E-state index contributed by atoms with van der Waals surface area (Å²) in [6.07, 6.45) is 2.40. The lowest BCUT2D eigenvalue weighted by Gasteiger charge is -2.09. The normalized spacial score (nSPS) is 11.8. The molecule has 20 heavy (non-hydrogen) atoms. The summed E-state index contributed by atoms with van der Waals surface area (Å²) in [5, 5.41) is 0. The summed E-state index contributed by atoms with van der Waals surface area (Å²) in [6.45, 7) is 1.10. The van der Waals surface area contributed by atoms with Crippen LogP contribution in [0.5, 0.6) is 0 Å². The quantitative estimate of drug-likeness (QED) is 0.675. The van der Waals surface area contributed by atoms with Crippen molar-refractivity contribution in [3.05, 3.63) is 29.6 Å². The molecule has 0 saturated heterocycles. The summed E-state index contributed by atoms with van der Waals surface area (Å²) in [5.74, 6) is -0.769. The topological polar surface area (TPSA) is 81.4 Å². The molecule has 7 heteroatoms. The number of hydrogen-bond donors (Lipinski definition) is 2. The van der Waals surface area contributed by atoms with Gasteiger partial charge in [0, 0.05) is 26.8 Å². The maximum atomic E-state index is 13.6. The monoisotopic (exact) mass is 304 g/mol. The van der Waals surface area contributed by atoms with Crippen LogP contribution in [0.3, 0.4) is 0 Å². The van der Waals surface area contributed by atoms with Crippen LogP contribution < -0.4 is 10.5 Å². The molecule has 0 aliphatic carbocycles. The smallest absolute Gasteiger partial charge is 0.243 e. The maximum Gasteiger partial charge on any atom is 0.243 e. The van der Waals surface area contributed by atoms with Crippen LogP contribution in [-0.2, 0) is 21.3 Å². The molecule has 0 saturated carbocycles. The first kappa shape index (κ1) is 17.0. The minimum absolute atomic E-state index is 0.166. The largest absolute Gasteiger partial charge is 0.385 e. The molecule has 0 fully saturated rings. The molecule has 0 aromatic heterocycles. The van der Waals surface area contributed by atoms with Crippen LogP contribution in [0.15, 0.2) is 23.1 Å². The lowest BCUT2D eigenvalue weighted by molar-refractivity contribution is 0.192. The molecule has 0 bridgehead atoms. The van der Waals surface area contributed by atoms with E-state index in [0.717, 1.165) is 18.9 Å². The van der Waals surface area contributed by atoms with Crippen molar-refractivity contribution in [2.24, 2.45) is 5.73 Å². The molecule has 0 aliphatic rings. The van der Waals surface area contributed by atoms with E-state index in [1.54, 1.807) is 7.11 Å². The Labute approximate surface area is 119 Å². The highest BCUT2D eigenvalue weighted by molar-refractivity contribution is 7.89. The van der Waals surface area contributed by atoms with E-state index in [0.29, 0.717) is 18.6 Å². The summed E-state index contributed by atoms with van der Waals surface area (Å²) in [4.78, 5) is -0.350. The molecule has 5 nitrogen and oxygen atoms in total. The highest BCUT2D eigenvalue weighted by atomic mass is 32.2. The lowest BCUT2D eigenvalue weighted by atomic mass is 10.2. The van der Waals surface area contributed by atoms with Crippen LogP contribution >= 0.6 is 0 Å². The number of hydrogen-bond acceptors (Lipinski definition) is 4. The highest BCUT2D eigenvalue weighted by Gasteiger charge is 2.18. The van der Waals surface area contributed by atoms with E-state index >= 15 is 0 Å². The summed E-state index contributed by atoms with van der Waals surface area (Å²) in [7, 11) is -2.21. The van der Waals surface area contributed by atoms with Gasteiger partial charge >= 0.3 is 0 Å². The number of halogens is 1. The van der Waals surface area contributed by atoms with Gasteiger partial charge in [-0.2, -0.15) is 0 Å². The van der Waals surface area contributed by atoms with Crippen molar-refractivity contribution in [3.63, 3.8) is 0 Å². The minimum atomic E-state index is -3.83. The van der Waals surface area contributed by atoms with E-state index in [4.69, 9.17) is 10.5 Å².